The van der Waals surface area contributed by atoms with Crippen LogP contribution in [0.4, 0.5) is 0 Å². The summed E-state index contributed by atoms with van der Waals surface area (Å²) in [5.41, 5.74) is 4.29. The normalized spacial score (nSPS) is 21.4. The van der Waals surface area contributed by atoms with Gasteiger partial charge in [0.2, 0.25) is 0 Å². The summed E-state index contributed by atoms with van der Waals surface area (Å²) in [6.07, 6.45) is 1.85. The van der Waals surface area contributed by atoms with Gasteiger partial charge in [0.1, 0.15) is 24.4 Å². The molecule has 7 nitrogen and oxygen atoms in total. The van der Waals surface area contributed by atoms with Crippen molar-refractivity contribution in [3.63, 3.8) is 0 Å². The van der Waals surface area contributed by atoms with E-state index in [0.29, 0.717) is 39.5 Å². The molecule has 1 aliphatic heterocycles. The second-order valence-corrected chi connectivity index (χ2v) is 11.5. The Morgan fingerprint density at radius 1 is 0.532 bits per heavy atom. The van der Waals surface area contributed by atoms with E-state index in [1.165, 1.54) is 0 Å². The molecule has 5 rings (SSSR count). The molecule has 7 heteroatoms. The third-order valence-electron chi connectivity index (χ3n) is 8.11. The minimum Gasteiger partial charge on any atom is -0.374 e. The van der Waals surface area contributed by atoms with Crippen LogP contribution in [0.15, 0.2) is 133 Å². The highest BCUT2D eigenvalue weighted by atomic mass is 16.7. The van der Waals surface area contributed by atoms with Gasteiger partial charge in [0, 0.05) is 14.2 Å². The first-order chi connectivity index (χ1) is 23.2. The fourth-order valence-corrected chi connectivity index (χ4v) is 5.65. The van der Waals surface area contributed by atoms with E-state index in [1.807, 2.05) is 84.9 Å². The van der Waals surface area contributed by atoms with E-state index in [1.54, 1.807) is 14.2 Å². The fourth-order valence-electron chi connectivity index (χ4n) is 5.65. The molecule has 0 N–H and O–H groups in total. The smallest absolute Gasteiger partial charge is 0.176 e. The predicted molar refractivity (Wildman–Crippen MR) is 181 cm³/mol. The highest BCUT2D eigenvalue weighted by molar-refractivity contribution is 5.16. The zero-order valence-electron chi connectivity index (χ0n) is 27.3. The second kappa shape index (κ2) is 19.2. The lowest BCUT2D eigenvalue weighted by atomic mass is 9.92. The maximum Gasteiger partial charge on any atom is 0.176 e. The van der Waals surface area contributed by atoms with Crippen LogP contribution >= 0.6 is 0 Å². The highest BCUT2D eigenvalue weighted by Gasteiger charge is 2.48. The molecule has 1 aliphatic rings. The zero-order chi connectivity index (χ0) is 32.5. The van der Waals surface area contributed by atoms with E-state index in [2.05, 4.69) is 48.5 Å². The average Bonchev–Trinajstić information content (AvgIpc) is 3.13. The van der Waals surface area contributed by atoms with E-state index in [9.17, 15) is 0 Å². The maximum absolute atomic E-state index is 6.87. The van der Waals surface area contributed by atoms with Crippen LogP contribution in [0.2, 0.25) is 0 Å². The Balaban J connectivity index is 1.44. The first-order valence-corrected chi connectivity index (χ1v) is 16.2. The third kappa shape index (κ3) is 10.9. The minimum absolute atomic E-state index is 0.323. The zero-order valence-corrected chi connectivity index (χ0v) is 27.3. The number of ether oxygens (including phenoxy) is 7. The largest absolute Gasteiger partial charge is 0.374 e. The summed E-state index contributed by atoms with van der Waals surface area (Å²) in [4.78, 5) is 0. The SMILES string of the molecule is COC(/C=C/C[C@H]1O[C@H](COCc2ccccc2)[C@@H](OCc2ccccc2)[C@H](OCc2ccccc2)[C@@H]1OCc1ccccc1)OC. The van der Waals surface area contributed by atoms with Crippen LogP contribution in [0, 0.1) is 0 Å². The lowest BCUT2D eigenvalue weighted by Gasteiger charge is -2.46. The van der Waals surface area contributed by atoms with Gasteiger partial charge in [0.15, 0.2) is 6.29 Å². The molecule has 0 aliphatic carbocycles. The van der Waals surface area contributed by atoms with Gasteiger partial charge < -0.3 is 33.2 Å². The quantitative estimate of drug-likeness (QED) is 0.0838. The monoisotopic (exact) mass is 638 g/mol. The van der Waals surface area contributed by atoms with Crippen LogP contribution in [0.25, 0.3) is 0 Å². The van der Waals surface area contributed by atoms with Crippen molar-refractivity contribution < 1.29 is 33.2 Å². The summed E-state index contributed by atoms with van der Waals surface area (Å²) in [5.74, 6) is 0. The molecule has 47 heavy (non-hydrogen) atoms. The topological polar surface area (TPSA) is 64.6 Å². The van der Waals surface area contributed by atoms with Crippen LogP contribution in [0.3, 0.4) is 0 Å². The Labute approximate surface area is 279 Å². The van der Waals surface area contributed by atoms with Crippen LogP contribution in [-0.4, -0.2) is 57.6 Å². The summed E-state index contributed by atoms with van der Waals surface area (Å²) in [6.45, 7) is 1.99. The molecule has 4 aromatic rings. The number of benzene rings is 4. The molecule has 5 atom stereocenters. The molecule has 0 radical (unpaired) electrons. The molecule has 0 unspecified atom stereocenters. The van der Waals surface area contributed by atoms with Gasteiger partial charge in [-0.2, -0.15) is 0 Å². The Hall–Kier alpha value is -3.66. The van der Waals surface area contributed by atoms with Crippen LogP contribution in [0.1, 0.15) is 28.7 Å². The molecule has 4 aromatic carbocycles. The third-order valence-corrected chi connectivity index (χ3v) is 8.11. The van der Waals surface area contributed by atoms with Crippen molar-refractivity contribution in [2.45, 2.75) is 69.7 Å². The molecule has 0 saturated carbocycles. The van der Waals surface area contributed by atoms with E-state index in [-0.39, 0.29) is 6.10 Å². The van der Waals surface area contributed by atoms with Crippen LogP contribution in [0.5, 0.6) is 0 Å². The standard InChI is InChI=1S/C40H46O7/c1-41-37(42-2)25-15-24-35-38(44-27-32-18-9-4-10-19-32)40(46-29-34-22-13-6-14-23-34)39(45-28-33-20-11-5-12-21-33)36(47-35)30-43-26-31-16-7-3-8-17-31/h3-23,25,35-40H,24,26-30H2,1-2H3/b25-15+/t35-,36-,38-,39-,40-/m1/s1. The van der Waals surface area contributed by atoms with Crippen molar-refractivity contribution in [2.24, 2.45) is 0 Å². The summed E-state index contributed by atoms with van der Waals surface area (Å²) in [7, 11) is 3.23. The minimum atomic E-state index is -0.471. The number of hydrogen-bond donors (Lipinski definition) is 0. The summed E-state index contributed by atoms with van der Waals surface area (Å²) in [5, 5.41) is 0. The van der Waals surface area contributed by atoms with Gasteiger partial charge in [0.05, 0.1) is 39.1 Å². The Kier molecular flexibility index (Phi) is 14.2. The molecule has 248 valence electrons. The van der Waals surface area contributed by atoms with Gasteiger partial charge in [0.25, 0.3) is 0 Å². The van der Waals surface area contributed by atoms with Gasteiger partial charge in [-0.25, -0.2) is 0 Å². The maximum atomic E-state index is 6.87. The van der Waals surface area contributed by atoms with Crippen molar-refractivity contribution in [1.82, 2.24) is 0 Å². The van der Waals surface area contributed by atoms with Gasteiger partial charge in [-0.1, -0.05) is 127 Å². The summed E-state index contributed by atoms with van der Waals surface area (Å²) in [6, 6.07) is 40.6. The molecule has 1 saturated heterocycles. The molecular weight excluding hydrogens is 592 g/mol. The van der Waals surface area contributed by atoms with Crippen molar-refractivity contribution in [2.75, 3.05) is 20.8 Å². The molecule has 0 spiro atoms. The van der Waals surface area contributed by atoms with Gasteiger partial charge in [-0.15, -0.1) is 0 Å². The van der Waals surface area contributed by atoms with E-state index < -0.39 is 30.7 Å². The molecule has 0 amide bonds. The lowest BCUT2D eigenvalue weighted by molar-refractivity contribution is -0.271. The van der Waals surface area contributed by atoms with E-state index >= 15 is 0 Å². The Bertz CT molecular complexity index is 1410. The second-order valence-electron chi connectivity index (χ2n) is 11.5. The Morgan fingerprint density at radius 3 is 1.38 bits per heavy atom. The first-order valence-electron chi connectivity index (χ1n) is 16.2. The number of rotatable bonds is 18. The van der Waals surface area contributed by atoms with E-state index in [0.717, 1.165) is 22.3 Å². The number of methoxy groups -OCH3 is 2. The molecular formula is C40H46O7. The molecule has 1 heterocycles. The van der Waals surface area contributed by atoms with Gasteiger partial charge >= 0.3 is 0 Å². The Morgan fingerprint density at radius 2 is 0.936 bits per heavy atom. The summed E-state index contributed by atoms with van der Waals surface area (Å²) < 4.78 is 44.2. The average molecular weight is 639 g/mol. The van der Waals surface area contributed by atoms with Crippen LogP contribution in [-0.2, 0) is 59.6 Å². The predicted octanol–water partition coefficient (Wildman–Crippen LogP) is 7.29. The summed E-state index contributed by atoms with van der Waals surface area (Å²) >= 11 is 0. The van der Waals surface area contributed by atoms with E-state index in [4.69, 9.17) is 33.2 Å². The molecule has 0 aromatic heterocycles. The lowest BCUT2D eigenvalue weighted by Crippen LogP contribution is -2.61. The highest BCUT2D eigenvalue weighted by Crippen LogP contribution is 2.32. The van der Waals surface area contributed by atoms with Crippen molar-refractivity contribution in [3.05, 3.63) is 156 Å². The van der Waals surface area contributed by atoms with Crippen LogP contribution < -0.4 is 0 Å². The van der Waals surface area contributed by atoms with Gasteiger partial charge in [-0.05, 0) is 34.8 Å². The first kappa shape index (κ1) is 34.7. The van der Waals surface area contributed by atoms with Crippen molar-refractivity contribution in [1.29, 1.82) is 0 Å². The van der Waals surface area contributed by atoms with Crippen molar-refractivity contribution >= 4 is 0 Å². The molecule has 0 bridgehead atoms. The molecule has 1 fully saturated rings. The fraction of sp³-hybridized carbons (Fsp3) is 0.350. The van der Waals surface area contributed by atoms with Gasteiger partial charge in [-0.3, -0.25) is 0 Å². The number of hydrogen-bond acceptors (Lipinski definition) is 7. The van der Waals surface area contributed by atoms with Crippen molar-refractivity contribution in [3.8, 4) is 0 Å².